The molecule has 0 radical (unpaired) electrons. The number of methoxy groups -OCH3 is 1. The smallest absolute Gasteiger partial charge is 0.319 e. The van der Waals surface area contributed by atoms with Gasteiger partial charge in [0, 0.05) is 33.9 Å². The lowest BCUT2D eigenvalue weighted by Gasteiger charge is -2.56. The molecule has 3 aromatic rings. The molecule has 44 heavy (non-hydrogen) atoms. The number of anilines is 1. The van der Waals surface area contributed by atoms with Crippen LogP contribution in [0.15, 0.2) is 77.7 Å². The van der Waals surface area contributed by atoms with Crippen LogP contribution in [0.4, 0.5) is 10.5 Å². The van der Waals surface area contributed by atoms with Gasteiger partial charge in [-0.15, -0.1) is 11.8 Å². The van der Waals surface area contributed by atoms with Crippen molar-refractivity contribution in [2.24, 2.45) is 17.8 Å². The zero-order valence-electron chi connectivity index (χ0n) is 25.2. The molecule has 5 aliphatic rings. The van der Waals surface area contributed by atoms with Crippen molar-refractivity contribution >= 4 is 23.5 Å². The highest BCUT2D eigenvalue weighted by Crippen LogP contribution is 2.55. The minimum Gasteiger partial charge on any atom is -0.496 e. The van der Waals surface area contributed by atoms with E-state index >= 15 is 0 Å². The molecule has 8 heteroatoms. The number of aliphatic hydroxyl groups excluding tert-OH is 1. The summed E-state index contributed by atoms with van der Waals surface area (Å²) in [5.74, 6) is 3.89. The lowest BCUT2D eigenvalue weighted by molar-refractivity contribution is -0.245. The molecule has 7 nitrogen and oxygen atoms in total. The van der Waals surface area contributed by atoms with Crippen molar-refractivity contribution in [3.63, 3.8) is 0 Å². The first-order chi connectivity index (χ1) is 21.5. The van der Waals surface area contributed by atoms with Crippen molar-refractivity contribution in [2.75, 3.05) is 18.2 Å². The average Bonchev–Trinajstić information content (AvgIpc) is 3.03. The van der Waals surface area contributed by atoms with Gasteiger partial charge in [-0.25, -0.2) is 4.79 Å². The maximum atomic E-state index is 13.3. The first-order valence-electron chi connectivity index (χ1n) is 15.9. The summed E-state index contributed by atoms with van der Waals surface area (Å²) in [6.45, 7) is 0.00590. The molecular formula is C36H42N2O5S. The second-order valence-corrected chi connectivity index (χ2v) is 14.3. The Bertz CT molecular complexity index is 1430. The van der Waals surface area contributed by atoms with E-state index in [-0.39, 0.29) is 30.4 Å². The molecule has 3 aromatic carbocycles. The summed E-state index contributed by atoms with van der Waals surface area (Å²) in [6, 6.07) is 23.7. The predicted octanol–water partition coefficient (Wildman–Crippen LogP) is 7.62. The minimum absolute atomic E-state index is 0.00590. The number of urea groups is 1. The molecule has 1 heterocycles. The maximum absolute atomic E-state index is 13.3. The van der Waals surface area contributed by atoms with Crippen LogP contribution in [0.1, 0.15) is 74.0 Å². The summed E-state index contributed by atoms with van der Waals surface area (Å²) in [7, 11) is 1.69. The van der Waals surface area contributed by atoms with Crippen molar-refractivity contribution in [3.8, 4) is 5.75 Å². The zero-order chi connectivity index (χ0) is 30.1. The van der Waals surface area contributed by atoms with Gasteiger partial charge in [0.15, 0.2) is 6.29 Å². The van der Waals surface area contributed by atoms with E-state index in [1.807, 2.05) is 66.7 Å². The highest BCUT2D eigenvalue weighted by molar-refractivity contribution is 7.99. The number of carbonyl (C=O) groups excluding carboxylic acids is 1. The zero-order valence-corrected chi connectivity index (χ0v) is 26.1. The van der Waals surface area contributed by atoms with Gasteiger partial charge in [0.2, 0.25) is 0 Å². The van der Waals surface area contributed by atoms with E-state index in [1.54, 1.807) is 18.9 Å². The van der Waals surface area contributed by atoms with E-state index in [0.29, 0.717) is 6.42 Å². The summed E-state index contributed by atoms with van der Waals surface area (Å²) in [6.07, 6.45) is 7.22. The summed E-state index contributed by atoms with van der Waals surface area (Å²) in [4.78, 5) is 14.4. The Hall–Kier alpha value is -3.04. The molecule has 0 spiro atoms. The molecule has 0 aromatic heterocycles. The molecular weight excluding hydrogens is 572 g/mol. The fourth-order valence-electron chi connectivity index (χ4n) is 8.37. The SMILES string of the molecule is COc1ccccc1SC[C@@H]1C[C@H](c2ccc(CO)cc2)O[C@H](c2cccc(NC(=O)NC34CC5CC(CC(C5)C3)C4)c2)O1. The number of ether oxygens (including phenoxy) is 3. The first kappa shape index (κ1) is 29.7. The second kappa shape index (κ2) is 12.8. The molecule has 4 aliphatic carbocycles. The van der Waals surface area contributed by atoms with Crippen LogP contribution in [-0.4, -0.2) is 35.6 Å². The van der Waals surface area contributed by atoms with Crippen LogP contribution >= 0.6 is 11.8 Å². The minimum atomic E-state index is -0.595. The van der Waals surface area contributed by atoms with Gasteiger partial charge in [0.25, 0.3) is 0 Å². The van der Waals surface area contributed by atoms with Crippen LogP contribution < -0.4 is 15.4 Å². The molecule has 1 aliphatic heterocycles. The van der Waals surface area contributed by atoms with Gasteiger partial charge in [-0.05, 0) is 91.7 Å². The fourth-order valence-corrected chi connectivity index (χ4v) is 9.42. The van der Waals surface area contributed by atoms with Crippen molar-refractivity contribution in [3.05, 3.63) is 89.5 Å². The molecule has 2 amide bonds. The number of hydrogen-bond donors (Lipinski definition) is 3. The van der Waals surface area contributed by atoms with Crippen LogP contribution in [-0.2, 0) is 16.1 Å². The monoisotopic (exact) mass is 614 g/mol. The first-order valence-corrected chi connectivity index (χ1v) is 16.9. The van der Waals surface area contributed by atoms with Gasteiger partial charge in [0.05, 0.1) is 25.9 Å². The molecule has 4 saturated carbocycles. The van der Waals surface area contributed by atoms with Crippen molar-refractivity contribution in [2.45, 2.75) is 80.5 Å². The van der Waals surface area contributed by atoms with E-state index in [2.05, 4.69) is 16.7 Å². The fraction of sp³-hybridized carbons (Fsp3) is 0.472. The second-order valence-electron chi connectivity index (χ2n) is 13.2. The Morgan fingerprint density at radius 1 is 0.909 bits per heavy atom. The molecule has 1 saturated heterocycles. The van der Waals surface area contributed by atoms with E-state index in [9.17, 15) is 9.90 Å². The van der Waals surface area contributed by atoms with Crippen LogP contribution in [0, 0.1) is 17.8 Å². The Kier molecular flexibility index (Phi) is 8.60. The summed E-state index contributed by atoms with van der Waals surface area (Å²) in [5, 5.41) is 16.1. The van der Waals surface area contributed by atoms with Gasteiger partial charge in [-0.1, -0.05) is 48.5 Å². The molecule has 8 rings (SSSR count). The highest BCUT2D eigenvalue weighted by atomic mass is 32.2. The number of nitrogens with one attached hydrogen (secondary N) is 2. The summed E-state index contributed by atoms with van der Waals surface area (Å²) >= 11 is 1.71. The van der Waals surface area contributed by atoms with E-state index < -0.39 is 6.29 Å². The molecule has 0 unspecified atom stereocenters. The van der Waals surface area contributed by atoms with Gasteiger partial charge >= 0.3 is 6.03 Å². The van der Waals surface area contributed by atoms with Crippen LogP contribution in [0.5, 0.6) is 5.75 Å². The number of amides is 2. The molecule has 3 atom stereocenters. The number of aliphatic hydroxyl groups is 1. The molecule has 5 fully saturated rings. The Morgan fingerprint density at radius 3 is 2.34 bits per heavy atom. The van der Waals surface area contributed by atoms with E-state index in [1.165, 1.54) is 19.3 Å². The lowest BCUT2D eigenvalue weighted by Crippen LogP contribution is -2.60. The lowest BCUT2D eigenvalue weighted by atomic mass is 9.53. The van der Waals surface area contributed by atoms with Crippen LogP contribution in [0.3, 0.4) is 0 Å². The number of thioether (sulfide) groups is 1. The third-order valence-corrected chi connectivity index (χ3v) is 11.1. The van der Waals surface area contributed by atoms with Gasteiger partial charge in [0.1, 0.15) is 5.75 Å². The number of carbonyl (C=O) groups is 1. The normalized spacial score (nSPS) is 30.6. The Labute approximate surface area is 264 Å². The third-order valence-electron chi connectivity index (χ3n) is 9.94. The van der Waals surface area contributed by atoms with Crippen molar-refractivity contribution in [1.82, 2.24) is 5.32 Å². The van der Waals surface area contributed by atoms with Crippen LogP contribution in [0.25, 0.3) is 0 Å². The number of para-hydroxylation sites is 1. The predicted molar refractivity (Wildman–Crippen MR) is 172 cm³/mol. The quantitative estimate of drug-likeness (QED) is 0.215. The standard InChI is InChI=1S/C36H42N2O5S/c1-41-31-7-2-3-8-33(31)44-22-30-17-32(27-11-9-23(21-39)10-12-27)43-34(42-30)28-5-4-6-29(16-28)37-35(40)38-36-18-24-13-25(19-36)15-26(14-24)20-36/h2-12,16,24-26,30,32,34,39H,13-15,17-22H2,1H3,(H2,37,38,40)/t24?,25?,26?,30-,32+,34+,36?/m0/s1. The number of hydrogen-bond acceptors (Lipinski definition) is 6. The van der Waals surface area contributed by atoms with E-state index in [4.69, 9.17) is 14.2 Å². The Balaban J connectivity index is 1.06. The van der Waals surface area contributed by atoms with Gasteiger partial charge < -0.3 is 30.0 Å². The largest absolute Gasteiger partial charge is 0.496 e. The van der Waals surface area contributed by atoms with Crippen LogP contribution in [0.2, 0.25) is 0 Å². The maximum Gasteiger partial charge on any atom is 0.319 e. The van der Waals surface area contributed by atoms with Gasteiger partial charge in [-0.3, -0.25) is 0 Å². The molecule has 232 valence electrons. The highest BCUT2D eigenvalue weighted by Gasteiger charge is 2.51. The topological polar surface area (TPSA) is 89.0 Å². The summed E-state index contributed by atoms with van der Waals surface area (Å²) in [5.41, 5.74) is 3.46. The van der Waals surface area contributed by atoms with E-state index in [0.717, 1.165) is 75.8 Å². The van der Waals surface area contributed by atoms with Gasteiger partial charge in [-0.2, -0.15) is 0 Å². The number of rotatable bonds is 9. The Morgan fingerprint density at radius 2 is 1.64 bits per heavy atom. The van der Waals surface area contributed by atoms with Crippen molar-refractivity contribution < 1.29 is 24.1 Å². The third kappa shape index (κ3) is 6.50. The number of benzene rings is 3. The molecule has 3 N–H and O–H groups in total. The molecule has 4 bridgehead atoms. The van der Waals surface area contributed by atoms with Crippen molar-refractivity contribution in [1.29, 1.82) is 0 Å². The summed E-state index contributed by atoms with van der Waals surface area (Å²) < 4.78 is 18.7. The average molecular weight is 615 g/mol.